The maximum Gasteiger partial charge on any atom is 0.224 e. The van der Waals surface area contributed by atoms with E-state index in [0.717, 1.165) is 24.2 Å². The summed E-state index contributed by atoms with van der Waals surface area (Å²) in [6.07, 6.45) is 4.97. The third-order valence-electron chi connectivity index (χ3n) is 4.06. The first-order chi connectivity index (χ1) is 9.72. The highest BCUT2D eigenvalue weighted by Crippen LogP contribution is 2.23. The van der Waals surface area contributed by atoms with E-state index in [1.165, 1.54) is 12.8 Å². The highest BCUT2D eigenvalue weighted by molar-refractivity contribution is 5.85. The number of ether oxygens (including phenoxy) is 1. The predicted molar refractivity (Wildman–Crippen MR) is 86.9 cm³/mol. The summed E-state index contributed by atoms with van der Waals surface area (Å²) in [6, 6.07) is 7.88. The van der Waals surface area contributed by atoms with Gasteiger partial charge in [-0.05, 0) is 43.0 Å². The van der Waals surface area contributed by atoms with Gasteiger partial charge in [-0.25, -0.2) is 0 Å². The summed E-state index contributed by atoms with van der Waals surface area (Å²) in [5, 5.41) is 3.15. The summed E-state index contributed by atoms with van der Waals surface area (Å²) in [7, 11) is 1.63. The van der Waals surface area contributed by atoms with Crippen LogP contribution in [0.1, 0.15) is 31.2 Å². The van der Waals surface area contributed by atoms with E-state index >= 15 is 0 Å². The molecule has 2 unspecified atom stereocenters. The number of carbonyl (C=O) groups excluding carboxylic acids is 1. The molecule has 2 rings (SSSR count). The molecule has 1 saturated carbocycles. The van der Waals surface area contributed by atoms with Gasteiger partial charge in [-0.1, -0.05) is 25.0 Å². The molecule has 118 valence electrons. The Morgan fingerprint density at radius 2 is 2.14 bits per heavy atom. The first-order valence-corrected chi connectivity index (χ1v) is 7.35. The van der Waals surface area contributed by atoms with Gasteiger partial charge in [0, 0.05) is 6.04 Å². The SMILES string of the molecule is COc1cccc(CC(=O)NC2CCCCC2CN)c1.Cl. The molecule has 0 aromatic heterocycles. The van der Waals surface area contributed by atoms with E-state index in [0.29, 0.717) is 18.9 Å². The van der Waals surface area contributed by atoms with Crippen LogP contribution in [0.3, 0.4) is 0 Å². The molecule has 0 radical (unpaired) electrons. The number of hydrogen-bond acceptors (Lipinski definition) is 3. The lowest BCUT2D eigenvalue weighted by Gasteiger charge is -2.31. The molecule has 21 heavy (non-hydrogen) atoms. The van der Waals surface area contributed by atoms with E-state index in [9.17, 15) is 4.79 Å². The Hall–Kier alpha value is -1.26. The van der Waals surface area contributed by atoms with Crippen LogP contribution in [0.4, 0.5) is 0 Å². The van der Waals surface area contributed by atoms with Crippen LogP contribution in [-0.2, 0) is 11.2 Å². The van der Waals surface area contributed by atoms with Crippen LogP contribution in [0.5, 0.6) is 5.75 Å². The second-order valence-corrected chi connectivity index (χ2v) is 5.48. The Morgan fingerprint density at radius 1 is 1.38 bits per heavy atom. The van der Waals surface area contributed by atoms with Gasteiger partial charge in [-0.3, -0.25) is 4.79 Å². The van der Waals surface area contributed by atoms with E-state index in [1.807, 2.05) is 24.3 Å². The number of benzene rings is 1. The molecule has 0 aliphatic heterocycles. The third-order valence-corrected chi connectivity index (χ3v) is 4.06. The van der Waals surface area contributed by atoms with Crippen molar-refractivity contribution in [3.8, 4) is 5.75 Å². The first kappa shape index (κ1) is 17.8. The molecule has 1 aliphatic carbocycles. The van der Waals surface area contributed by atoms with Crippen LogP contribution in [0.2, 0.25) is 0 Å². The molecule has 4 nitrogen and oxygen atoms in total. The normalized spacial score (nSPS) is 21.2. The summed E-state index contributed by atoms with van der Waals surface area (Å²) in [6.45, 7) is 0.657. The Labute approximate surface area is 132 Å². The average molecular weight is 313 g/mol. The topological polar surface area (TPSA) is 64.3 Å². The monoisotopic (exact) mass is 312 g/mol. The van der Waals surface area contributed by atoms with E-state index in [-0.39, 0.29) is 24.4 Å². The zero-order valence-electron chi connectivity index (χ0n) is 12.5. The number of amides is 1. The second-order valence-electron chi connectivity index (χ2n) is 5.48. The standard InChI is InChI=1S/C16H24N2O2.ClH/c1-20-14-7-4-5-12(9-14)10-16(19)18-15-8-3-2-6-13(15)11-17;/h4-5,7,9,13,15H,2-3,6,8,10-11,17H2,1H3,(H,18,19);1H. The smallest absolute Gasteiger partial charge is 0.224 e. The maximum atomic E-state index is 12.1. The van der Waals surface area contributed by atoms with Gasteiger partial charge in [0.15, 0.2) is 0 Å². The van der Waals surface area contributed by atoms with Gasteiger partial charge in [0.25, 0.3) is 0 Å². The molecule has 1 aliphatic rings. The van der Waals surface area contributed by atoms with Crippen molar-refractivity contribution < 1.29 is 9.53 Å². The fourth-order valence-electron chi connectivity index (χ4n) is 2.91. The van der Waals surface area contributed by atoms with Crippen LogP contribution >= 0.6 is 12.4 Å². The molecule has 0 spiro atoms. The number of methoxy groups -OCH3 is 1. The second kappa shape index (κ2) is 8.90. The fourth-order valence-corrected chi connectivity index (χ4v) is 2.91. The van der Waals surface area contributed by atoms with Gasteiger partial charge in [0.2, 0.25) is 5.91 Å². The number of carbonyl (C=O) groups is 1. The van der Waals surface area contributed by atoms with E-state index in [1.54, 1.807) is 7.11 Å². The number of nitrogens with two attached hydrogens (primary N) is 1. The summed E-state index contributed by atoms with van der Waals surface area (Å²) >= 11 is 0. The Bertz CT molecular complexity index is 454. The van der Waals surface area contributed by atoms with Crippen LogP contribution in [0.25, 0.3) is 0 Å². The molecular formula is C16H25ClN2O2. The minimum atomic E-state index is 0. The summed E-state index contributed by atoms with van der Waals surface area (Å²) < 4.78 is 5.17. The van der Waals surface area contributed by atoms with Crippen molar-refractivity contribution in [3.63, 3.8) is 0 Å². The average Bonchev–Trinajstić information content (AvgIpc) is 2.48. The lowest BCUT2D eigenvalue weighted by atomic mass is 9.84. The van der Waals surface area contributed by atoms with Gasteiger partial charge >= 0.3 is 0 Å². The van der Waals surface area contributed by atoms with Crippen LogP contribution in [0.15, 0.2) is 24.3 Å². The summed E-state index contributed by atoms with van der Waals surface area (Å²) in [5.41, 5.74) is 6.77. The lowest BCUT2D eigenvalue weighted by Crippen LogP contribution is -2.45. The summed E-state index contributed by atoms with van der Waals surface area (Å²) in [5.74, 6) is 1.29. The van der Waals surface area contributed by atoms with Crippen molar-refractivity contribution in [1.82, 2.24) is 5.32 Å². The van der Waals surface area contributed by atoms with Gasteiger partial charge in [-0.2, -0.15) is 0 Å². The van der Waals surface area contributed by atoms with Crippen molar-refractivity contribution in [1.29, 1.82) is 0 Å². The Morgan fingerprint density at radius 3 is 2.86 bits per heavy atom. The molecule has 1 aromatic carbocycles. The lowest BCUT2D eigenvalue weighted by molar-refractivity contribution is -0.121. The first-order valence-electron chi connectivity index (χ1n) is 7.35. The largest absolute Gasteiger partial charge is 0.497 e. The molecule has 0 heterocycles. The molecule has 3 N–H and O–H groups in total. The maximum absolute atomic E-state index is 12.1. The number of halogens is 1. The van der Waals surface area contributed by atoms with E-state index in [4.69, 9.17) is 10.5 Å². The van der Waals surface area contributed by atoms with E-state index in [2.05, 4.69) is 5.32 Å². The fraction of sp³-hybridized carbons (Fsp3) is 0.562. The molecule has 2 atom stereocenters. The third kappa shape index (κ3) is 5.21. The minimum absolute atomic E-state index is 0. The Balaban J connectivity index is 0.00000220. The number of rotatable bonds is 5. The molecule has 0 saturated heterocycles. The van der Waals surface area contributed by atoms with Crippen LogP contribution in [-0.4, -0.2) is 25.6 Å². The van der Waals surface area contributed by atoms with Crippen LogP contribution in [0, 0.1) is 5.92 Å². The van der Waals surface area contributed by atoms with E-state index < -0.39 is 0 Å². The zero-order valence-corrected chi connectivity index (χ0v) is 13.3. The highest BCUT2D eigenvalue weighted by Gasteiger charge is 2.25. The molecule has 0 bridgehead atoms. The number of hydrogen-bond donors (Lipinski definition) is 2. The predicted octanol–water partition coefficient (Wildman–Crippen LogP) is 2.29. The summed E-state index contributed by atoms with van der Waals surface area (Å²) in [4.78, 5) is 12.1. The van der Waals surface area contributed by atoms with Gasteiger partial charge < -0.3 is 15.8 Å². The minimum Gasteiger partial charge on any atom is -0.497 e. The van der Waals surface area contributed by atoms with Crippen LogP contribution < -0.4 is 15.8 Å². The van der Waals surface area contributed by atoms with Crippen molar-refractivity contribution >= 4 is 18.3 Å². The quantitative estimate of drug-likeness (QED) is 0.877. The molecular weight excluding hydrogens is 288 g/mol. The highest BCUT2D eigenvalue weighted by atomic mass is 35.5. The Kier molecular flexibility index (Phi) is 7.54. The van der Waals surface area contributed by atoms with Crippen molar-refractivity contribution in [2.24, 2.45) is 11.7 Å². The molecule has 1 aromatic rings. The van der Waals surface area contributed by atoms with Crippen molar-refractivity contribution in [3.05, 3.63) is 29.8 Å². The van der Waals surface area contributed by atoms with Gasteiger partial charge in [0.1, 0.15) is 5.75 Å². The number of nitrogens with one attached hydrogen (secondary N) is 1. The van der Waals surface area contributed by atoms with Gasteiger partial charge in [0.05, 0.1) is 13.5 Å². The molecule has 5 heteroatoms. The molecule has 1 fully saturated rings. The van der Waals surface area contributed by atoms with Crippen molar-refractivity contribution in [2.75, 3.05) is 13.7 Å². The van der Waals surface area contributed by atoms with Crippen molar-refractivity contribution in [2.45, 2.75) is 38.1 Å². The molecule has 1 amide bonds. The zero-order chi connectivity index (χ0) is 14.4. The van der Waals surface area contributed by atoms with Gasteiger partial charge in [-0.15, -0.1) is 12.4 Å².